The second kappa shape index (κ2) is 8.20. The van der Waals surface area contributed by atoms with Gasteiger partial charge in [0.1, 0.15) is 12.3 Å². The van der Waals surface area contributed by atoms with Gasteiger partial charge in [-0.05, 0) is 36.4 Å². The number of hydrogen-bond donors (Lipinski definition) is 3. The Labute approximate surface area is 176 Å². The van der Waals surface area contributed by atoms with E-state index in [4.69, 9.17) is 21.4 Å². The van der Waals surface area contributed by atoms with Crippen LogP contribution in [0.5, 0.6) is 5.75 Å². The molecule has 2 aromatic carbocycles. The van der Waals surface area contributed by atoms with E-state index >= 15 is 0 Å². The molecule has 0 atom stereocenters. The van der Waals surface area contributed by atoms with Crippen LogP contribution in [-0.4, -0.2) is 44.5 Å². The summed E-state index contributed by atoms with van der Waals surface area (Å²) < 4.78 is 33.2. The third-order valence-electron chi connectivity index (χ3n) is 4.01. The Morgan fingerprint density at radius 2 is 1.97 bits per heavy atom. The second-order valence-electron chi connectivity index (χ2n) is 6.27. The highest BCUT2D eigenvalue weighted by Gasteiger charge is 2.29. The molecular weight excluding hydrogens is 438 g/mol. The van der Waals surface area contributed by atoms with E-state index in [1.54, 1.807) is 0 Å². The minimum absolute atomic E-state index is 0.0376. The van der Waals surface area contributed by atoms with Crippen molar-refractivity contribution >= 4 is 56.5 Å². The topological polar surface area (TPSA) is 142 Å². The first-order valence-electron chi connectivity index (χ1n) is 8.46. The first kappa shape index (κ1) is 21.4. The van der Waals surface area contributed by atoms with Crippen LogP contribution in [0.1, 0.15) is 6.92 Å². The summed E-state index contributed by atoms with van der Waals surface area (Å²) >= 11 is 6.06. The number of benzene rings is 2. The van der Waals surface area contributed by atoms with Crippen molar-refractivity contribution in [3.05, 3.63) is 41.4 Å². The molecule has 0 radical (unpaired) electrons. The number of fused-ring (bicyclic) bond motifs is 1. The number of aliphatic carboxylic acids is 1. The zero-order valence-electron chi connectivity index (χ0n) is 15.5. The van der Waals surface area contributed by atoms with Gasteiger partial charge in [0.25, 0.3) is 15.9 Å². The van der Waals surface area contributed by atoms with Crippen molar-refractivity contribution in [1.29, 1.82) is 0 Å². The number of carboxylic acid groups (broad SMARTS) is 1. The molecule has 1 heterocycles. The van der Waals surface area contributed by atoms with Crippen LogP contribution in [0.4, 0.5) is 17.1 Å². The molecule has 2 aromatic rings. The molecule has 2 amide bonds. The summed E-state index contributed by atoms with van der Waals surface area (Å²) in [5.74, 6) is -2.00. The summed E-state index contributed by atoms with van der Waals surface area (Å²) in [7, 11) is -4.11. The molecule has 0 spiro atoms. The van der Waals surface area contributed by atoms with E-state index in [0.29, 0.717) is 5.69 Å². The highest BCUT2D eigenvalue weighted by atomic mass is 35.5. The minimum atomic E-state index is -4.11. The van der Waals surface area contributed by atoms with Crippen molar-refractivity contribution in [1.82, 2.24) is 0 Å². The highest BCUT2D eigenvalue weighted by molar-refractivity contribution is 7.92. The van der Waals surface area contributed by atoms with Gasteiger partial charge in [-0.25, -0.2) is 8.42 Å². The zero-order valence-corrected chi connectivity index (χ0v) is 17.1. The van der Waals surface area contributed by atoms with Crippen LogP contribution in [-0.2, 0) is 24.4 Å². The number of carboxylic acids is 1. The molecule has 0 fully saturated rings. The van der Waals surface area contributed by atoms with E-state index in [-0.39, 0.29) is 39.6 Å². The molecule has 3 N–H and O–H groups in total. The number of ether oxygens (including phenoxy) is 1. The van der Waals surface area contributed by atoms with Crippen molar-refractivity contribution in [2.75, 3.05) is 28.1 Å². The number of nitrogens with zero attached hydrogens (tertiary/aromatic N) is 1. The van der Waals surface area contributed by atoms with Gasteiger partial charge in [0.2, 0.25) is 5.91 Å². The molecule has 12 heteroatoms. The third-order valence-corrected chi connectivity index (χ3v) is 5.70. The van der Waals surface area contributed by atoms with Crippen molar-refractivity contribution < 1.29 is 32.6 Å². The zero-order chi connectivity index (χ0) is 22.1. The van der Waals surface area contributed by atoms with E-state index < -0.39 is 28.4 Å². The Balaban J connectivity index is 1.91. The van der Waals surface area contributed by atoms with E-state index in [1.165, 1.54) is 37.3 Å². The largest absolute Gasteiger partial charge is 0.482 e. The maximum Gasteiger partial charge on any atom is 0.323 e. The van der Waals surface area contributed by atoms with E-state index in [9.17, 15) is 22.8 Å². The van der Waals surface area contributed by atoms with E-state index in [2.05, 4.69) is 10.0 Å². The maximum atomic E-state index is 12.8. The molecule has 0 unspecified atom stereocenters. The lowest BCUT2D eigenvalue weighted by atomic mass is 10.2. The Morgan fingerprint density at radius 1 is 1.23 bits per heavy atom. The van der Waals surface area contributed by atoms with E-state index in [0.717, 1.165) is 11.0 Å². The number of carbonyl (C=O) groups is 3. The van der Waals surface area contributed by atoms with Gasteiger partial charge >= 0.3 is 5.97 Å². The summed E-state index contributed by atoms with van der Waals surface area (Å²) in [6, 6.07) is 7.95. The molecule has 0 bridgehead atoms. The van der Waals surface area contributed by atoms with Crippen molar-refractivity contribution in [3.63, 3.8) is 0 Å². The molecule has 0 aromatic heterocycles. The number of carbonyl (C=O) groups excluding carboxylic acids is 2. The standard InChI is InChI=1S/C18H16ClN3O7S/c1-10(23)20-14-4-2-11(6-13(14)19)21-30(27,28)12-3-5-16-15(7-12)22(8-18(25)26)17(24)9-29-16/h2-7,21H,8-9H2,1H3,(H,20,23)(H,25,26). The van der Waals surface area contributed by atoms with Gasteiger partial charge in [-0.2, -0.15) is 0 Å². The molecule has 158 valence electrons. The van der Waals surface area contributed by atoms with Gasteiger partial charge in [-0.15, -0.1) is 0 Å². The average Bonchev–Trinajstić information content (AvgIpc) is 2.65. The summed E-state index contributed by atoms with van der Waals surface area (Å²) in [4.78, 5) is 35.0. The first-order chi connectivity index (χ1) is 14.1. The number of halogens is 1. The van der Waals surface area contributed by atoms with Crippen LogP contribution in [0.15, 0.2) is 41.3 Å². The number of hydrogen-bond acceptors (Lipinski definition) is 6. The number of rotatable bonds is 6. The lowest BCUT2D eigenvalue weighted by molar-refractivity contribution is -0.137. The van der Waals surface area contributed by atoms with Crippen LogP contribution >= 0.6 is 11.6 Å². The van der Waals surface area contributed by atoms with Crippen LogP contribution in [0.25, 0.3) is 0 Å². The predicted molar refractivity (Wildman–Crippen MR) is 108 cm³/mol. The Morgan fingerprint density at radius 3 is 2.60 bits per heavy atom. The van der Waals surface area contributed by atoms with Gasteiger partial charge in [0.15, 0.2) is 6.61 Å². The second-order valence-corrected chi connectivity index (χ2v) is 8.36. The predicted octanol–water partition coefficient (Wildman–Crippen LogP) is 1.91. The number of amides is 2. The quantitative estimate of drug-likeness (QED) is 0.606. The minimum Gasteiger partial charge on any atom is -0.482 e. The number of sulfonamides is 1. The monoisotopic (exact) mass is 453 g/mol. The molecule has 3 rings (SSSR count). The molecule has 30 heavy (non-hydrogen) atoms. The fraction of sp³-hybridized carbons (Fsp3) is 0.167. The molecule has 0 saturated heterocycles. The normalized spacial score (nSPS) is 13.3. The fourth-order valence-electron chi connectivity index (χ4n) is 2.74. The fourth-order valence-corrected chi connectivity index (χ4v) is 4.04. The summed E-state index contributed by atoms with van der Waals surface area (Å²) in [5.41, 5.74) is 0.498. The number of anilines is 3. The van der Waals surface area contributed by atoms with Crippen molar-refractivity contribution in [3.8, 4) is 5.75 Å². The lowest BCUT2D eigenvalue weighted by Gasteiger charge is -2.28. The lowest BCUT2D eigenvalue weighted by Crippen LogP contribution is -2.42. The van der Waals surface area contributed by atoms with Crippen LogP contribution in [0.2, 0.25) is 5.02 Å². The van der Waals surface area contributed by atoms with Gasteiger partial charge in [0.05, 0.1) is 27.0 Å². The van der Waals surface area contributed by atoms with Crippen molar-refractivity contribution in [2.45, 2.75) is 11.8 Å². The summed E-state index contributed by atoms with van der Waals surface area (Å²) in [6.45, 7) is 0.335. The molecule has 0 saturated carbocycles. The third kappa shape index (κ3) is 4.63. The van der Waals surface area contributed by atoms with Gasteiger partial charge in [0, 0.05) is 6.92 Å². The van der Waals surface area contributed by atoms with E-state index in [1.807, 2.05) is 0 Å². The first-order valence-corrected chi connectivity index (χ1v) is 10.3. The van der Waals surface area contributed by atoms with Gasteiger partial charge in [-0.1, -0.05) is 11.6 Å². The van der Waals surface area contributed by atoms with Gasteiger partial charge in [-0.3, -0.25) is 24.0 Å². The molecule has 1 aliphatic heterocycles. The Bertz CT molecular complexity index is 1150. The van der Waals surface area contributed by atoms with Crippen molar-refractivity contribution in [2.24, 2.45) is 0 Å². The molecule has 1 aliphatic rings. The summed E-state index contributed by atoms with van der Waals surface area (Å²) in [6.07, 6.45) is 0. The summed E-state index contributed by atoms with van der Waals surface area (Å²) in [5, 5.41) is 11.7. The smallest absolute Gasteiger partial charge is 0.323 e. The SMILES string of the molecule is CC(=O)Nc1ccc(NS(=O)(=O)c2ccc3c(c2)N(CC(=O)O)C(=O)CO3)cc1Cl. The average molecular weight is 454 g/mol. The Hall–Kier alpha value is -3.31. The van der Waals surface area contributed by atoms with Crippen LogP contribution in [0.3, 0.4) is 0 Å². The van der Waals surface area contributed by atoms with Gasteiger partial charge < -0.3 is 15.2 Å². The number of nitrogens with one attached hydrogen (secondary N) is 2. The van der Waals surface area contributed by atoms with Crippen LogP contribution < -0.4 is 19.7 Å². The molecule has 0 aliphatic carbocycles. The Kier molecular flexibility index (Phi) is 5.85. The van der Waals surface area contributed by atoms with Crippen LogP contribution in [0, 0.1) is 0 Å². The maximum absolute atomic E-state index is 12.8. The highest BCUT2D eigenvalue weighted by Crippen LogP contribution is 2.35. The molecular formula is C18H16ClN3O7S. The molecule has 10 nitrogen and oxygen atoms in total.